The van der Waals surface area contributed by atoms with Gasteiger partial charge in [-0.25, -0.2) is 4.98 Å². The van der Waals surface area contributed by atoms with Gasteiger partial charge in [-0.15, -0.1) is 6.42 Å². The second kappa shape index (κ2) is 4.98. The molecule has 0 fully saturated rings. The molecule has 0 aliphatic heterocycles. The number of nitrogens with zero attached hydrogens (tertiary/aromatic N) is 2. The Morgan fingerprint density at radius 3 is 2.44 bits per heavy atom. The molecule has 1 heterocycles. The average molecular weight is 218 g/mol. The Hall–Kier alpha value is -1.56. The van der Waals surface area contributed by atoms with Crippen LogP contribution in [0.1, 0.15) is 39.8 Å². The summed E-state index contributed by atoms with van der Waals surface area (Å²) in [6, 6.07) is 0. The van der Waals surface area contributed by atoms with E-state index >= 15 is 0 Å². The van der Waals surface area contributed by atoms with Gasteiger partial charge in [0.1, 0.15) is 0 Å². The molecule has 0 amide bonds. The van der Waals surface area contributed by atoms with E-state index in [-0.39, 0.29) is 11.5 Å². The van der Waals surface area contributed by atoms with Gasteiger partial charge in [0.25, 0.3) is 0 Å². The van der Waals surface area contributed by atoms with Crippen molar-refractivity contribution >= 4 is 0 Å². The molecule has 0 radical (unpaired) electrons. The molecule has 1 atom stereocenters. The van der Waals surface area contributed by atoms with Crippen molar-refractivity contribution in [3.05, 3.63) is 18.1 Å². The van der Waals surface area contributed by atoms with E-state index in [9.17, 15) is 0 Å². The summed E-state index contributed by atoms with van der Waals surface area (Å²) < 4.78 is 5.47. The zero-order valence-corrected chi connectivity index (χ0v) is 10.3. The van der Waals surface area contributed by atoms with Crippen molar-refractivity contribution in [2.75, 3.05) is 0 Å². The van der Waals surface area contributed by atoms with Crippen molar-refractivity contribution in [2.24, 2.45) is 0 Å². The maximum Gasteiger partial charge on any atom is 0.233 e. The fraction of sp³-hybridized carbons (Fsp3) is 0.538. The van der Waals surface area contributed by atoms with Crippen LogP contribution in [0.5, 0.6) is 5.88 Å². The molecule has 0 bridgehead atoms. The number of rotatable bonds is 3. The molecule has 3 heteroatoms. The fourth-order valence-corrected chi connectivity index (χ4v) is 1.15. The smallest absolute Gasteiger partial charge is 0.233 e. The molecule has 1 rings (SSSR count). The third-order valence-corrected chi connectivity index (χ3v) is 2.22. The van der Waals surface area contributed by atoms with Gasteiger partial charge in [-0.1, -0.05) is 33.6 Å². The zero-order chi connectivity index (χ0) is 12.2. The number of ether oxygens (including phenoxy) is 1. The van der Waals surface area contributed by atoms with Gasteiger partial charge < -0.3 is 4.74 Å². The minimum absolute atomic E-state index is 0.00179. The van der Waals surface area contributed by atoms with E-state index in [1.54, 1.807) is 12.4 Å². The monoisotopic (exact) mass is 218 g/mol. The van der Waals surface area contributed by atoms with Gasteiger partial charge in [0.2, 0.25) is 5.88 Å². The predicted octanol–water partition coefficient (Wildman–Crippen LogP) is 2.56. The fourth-order valence-electron chi connectivity index (χ4n) is 1.15. The SMILES string of the molecule is C#C[C@H](CC)Oc1cnc(C(C)(C)C)cn1. The van der Waals surface area contributed by atoms with Crippen molar-refractivity contribution in [1.29, 1.82) is 0 Å². The van der Waals surface area contributed by atoms with Gasteiger partial charge in [0.05, 0.1) is 18.1 Å². The molecule has 0 aliphatic rings. The lowest BCUT2D eigenvalue weighted by molar-refractivity contribution is 0.243. The maximum absolute atomic E-state index is 5.47. The van der Waals surface area contributed by atoms with Crippen LogP contribution < -0.4 is 4.74 Å². The van der Waals surface area contributed by atoms with Crippen molar-refractivity contribution in [3.63, 3.8) is 0 Å². The molecule has 0 saturated heterocycles. The third-order valence-electron chi connectivity index (χ3n) is 2.22. The Labute approximate surface area is 97.3 Å². The maximum atomic E-state index is 5.47. The molecule has 0 N–H and O–H groups in total. The molecule has 3 nitrogen and oxygen atoms in total. The van der Waals surface area contributed by atoms with E-state index in [0.717, 1.165) is 12.1 Å². The van der Waals surface area contributed by atoms with Crippen molar-refractivity contribution in [3.8, 4) is 18.2 Å². The summed E-state index contributed by atoms with van der Waals surface area (Å²) in [5.41, 5.74) is 0.940. The van der Waals surface area contributed by atoms with Gasteiger partial charge in [0.15, 0.2) is 6.10 Å². The second-order valence-electron chi connectivity index (χ2n) is 4.67. The van der Waals surface area contributed by atoms with E-state index in [4.69, 9.17) is 11.2 Å². The molecule has 86 valence electrons. The quantitative estimate of drug-likeness (QED) is 0.731. The standard InChI is InChI=1S/C13H18N2O/c1-6-10(7-2)16-12-9-14-11(8-15-12)13(3,4)5/h1,8-10H,7H2,2-5H3/t10-/m1/s1. The first-order valence-electron chi connectivity index (χ1n) is 5.42. The zero-order valence-electron chi connectivity index (χ0n) is 10.3. The normalized spacial score (nSPS) is 12.9. The van der Waals surface area contributed by atoms with Crippen LogP contribution in [0.4, 0.5) is 0 Å². The topological polar surface area (TPSA) is 35.0 Å². The molecule has 1 aromatic rings. The molecule has 0 aliphatic carbocycles. The number of hydrogen-bond acceptors (Lipinski definition) is 3. The van der Waals surface area contributed by atoms with Crippen molar-refractivity contribution < 1.29 is 4.74 Å². The highest BCUT2D eigenvalue weighted by Crippen LogP contribution is 2.20. The average Bonchev–Trinajstić information content (AvgIpc) is 2.25. The third kappa shape index (κ3) is 3.23. The molecular formula is C13H18N2O. The van der Waals surface area contributed by atoms with Gasteiger partial charge in [-0.2, -0.15) is 0 Å². The summed E-state index contributed by atoms with van der Waals surface area (Å²) >= 11 is 0. The van der Waals surface area contributed by atoms with Crippen LogP contribution in [-0.2, 0) is 5.41 Å². The number of hydrogen-bond donors (Lipinski definition) is 0. The van der Waals surface area contributed by atoms with Gasteiger partial charge in [0, 0.05) is 5.41 Å². The van der Waals surface area contributed by atoms with Crippen LogP contribution in [0.3, 0.4) is 0 Å². The van der Waals surface area contributed by atoms with Crippen LogP contribution in [0.2, 0.25) is 0 Å². The first-order valence-corrected chi connectivity index (χ1v) is 5.42. The summed E-state index contributed by atoms with van der Waals surface area (Å²) in [4.78, 5) is 8.52. The Kier molecular flexibility index (Phi) is 3.89. The Bertz CT molecular complexity index is 370. The summed E-state index contributed by atoms with van der Waals surface area (Å²) in [5, 5.41) is 0. The molecule has 0 saturated carbocycles. The molecular weight excluding hydrogens is 200 g/mol. The second-order valence-corrected chi connectivity index (χ2v) is 4.67. The minimum atomic E-state index is -0.227. The van der Waals surface area contributed by atoms with E-state index in [1.165, 1.54) is 0 Å². The first-order chi connectivity index (χ1) is 7.47. The number of aromatic nitrogens is 2. The van der Waals surface area contributed by atoms with Gasteiger partial charge >= 0.3 is 0 Å². The number of terminal acetylenes is 1. The van der Waals surface area contributed by atoms with Crippen molar-refractivity contribution in [1.82, 2.24) is 9.97 Å². The lowest BCUT2D eigenvalue weighted by Gasteiger charge is -2.17. The highest BCUT2D eigenvalue weighted by Gasteiger charge is 2.16. The minimum Gasteiger partial charge on any atom is -0.460 e. The lowest BCUT2D eigenvalue weighted by atomic mass is 9.93. The van der Waals surface area contributed by atoms with E-state index in [1.807, 2.05) is 6.92 Å². The summed E-state index contributed by atoms with van der Waals surface area (Å²) in [6.07, 6.45) is 9.20. The van der Waals surface area contributed by atoms with Gasteiger partial charge in [-0.05, 0) is 6.42 Å². The lowest BCUT2D eigenvalue weighted by Crippen LogP contribution is -2.16. The molecule has 0 spiro atoms. The molecule has 0 unspecified atom stereocenters. The van der Waals surface area contributed by atoms with Crippen LogP contribution >= 0.6 is 0 Å². The van der Waals surface area contributed by atoms with Crippen LogP contribution in [0.25, 0.3) is 0 Å². The van der Waals surface area contributed by atoms with Gasteiger partial charge in [-0.3, -0.25) is 4.98 Å². The highest BCUT2D eigenvalue weighted by molar-refractivity contribution is 5.14. The van der Waals surface area contributed by atoms with Crippen LogP contribution in [0, 0.1) is 12.3 Å². The summed E-state index contributed by atoms with van der Waals surface area (Å²) in [7, 11) is 0. The predicted molar refractivity (Wildman–Crippen MR) is 64.3 cm³/mol. The Morgan fingerprint density at radius 2 is 2.06 bits per heavy atom. The van der Waals surface area contributed by atoms with E-state index in [0.29, 0.717) is 5.88 Å². The molecule has 0 aromatic carbocycles. The Balaban J connectivity index is 2.77. The van der Waals surface area contributed by atoms with Crippen molar-refractivity contribution in [2.45, 2.75) is 45.6 Å². The highest BCUT2D eigenvalue weighted by atomic mass is 16.5. The van der Waals surface area contributed by atoms with Crippen LogP contribution in [0.15, 0.2) is 12.4 Å². The van der Waals surface area contributed by atoms with Crippen LogP contribution in [-0.4, -0.2) is 16.1 Å². The largest absolute Gasteiger partial charge is 0.460 e. The Morgan fingerprint density at radius 1 is 1.38 bits per heavy atom. The summed E-state index contributed by atoms with van der Waals surface area (Å²) in [6.45, 7) is 8.25. The van der Waals surface area contributed by atoms with E-state index < -0.39 is 0 Å². The van der Waals surface area contributed by atoms with E-state index in [2.05, 4.69) is 36.7 Å². The molecule has 1 aromatic heterocycles. The first kappa shape index (κ1) is 12.5. The molecule has 16 heavy (non-hydrogen) atoms. The summed E-state index contributed by atoms with van der Waals surface area (Å²) in [5.74, 6) is 3.04.